The van der Waals surface area contributed by atoms with E-state index in [4.69, 9.17) is 0 Å². The van der Waals surface area contributed by atoms with Gasteiger partial charge in [-0.1, -0.05) is 6.42 Å². The molecular formula is C16H29N3. The Morgan fingerprint density at radius 2 is 1.89 bits per heavy atom. The van der Waals surface area contributed by atoms with Gasteiger partial charge in [0.2, 0.25) is 0 Å². The van der Waals surface area contributed by atoms with Gasteiger partial charge >= 0.3 is 0 Å². The van der Waals surface area contributed by atoms with E-state index in [9.17, 15) is 0 Å². The summed E-state index contributed by atoms with van der Waals surface area (Å²) in [5.41, 5.74) is 0. The fraction of sp³-hybridized carbons (Fsp3) is 1.00. The first kappa shape index (κ1) is 12.6. The molecule has 3 aliphatic heterocycles. The SMILES string of the molecule is C1CCC(CN(C2CC2)C2CCN3CCCC23)NC1. The van der Waals surface area contributed by atoms with Crippen LogP contribution in [0.1, 0.15) is 51.4 Å². The van der Waals surface area contributed by atoms with Gasteiger partial charge in [0, 0.05) is 37.3 Å². The van der Waals surface area contributed by atoms with Crippen molar-refractivity contribution in [2.24, 2.45) is 0 Å². The molecule has 3 saturated heterocycles. The first-order valence-corrected chi connectivity index (χ1v) is 8.65. The van der Waals surface area contributed by atoms with Crippen LogP contribution in [0, 0.1) is 0 Å². The fourth-order valence-corrected chi connectivity index (χ4v) is 4.74. The van der Waals surface area contributed by atoms with Crippen LogP contribution in [-0.4, -0.2) is 60.1 Å². The van der Waals surface area contributed by atoms with Gasteiger partial charge in [-0.2, -0.15) is 0 Å². The first-order valence-electron chi connectivity index (χ1n) is 8.65. The average Bonchev–Trinajstić information content (AvgIpc) is 3.04. The van der Waals surface area contributed by atoms with Crippen molar-refractivity contribution in [2.75, 3.05) is 26.2 Å². The molecule has 0 spiro atoms. The molecule has 1 N–H and O–H groups in total. The summed E-state index contributed by atoms with van der Waals surface area (Å²) in [6, 6.07) is 3.52. The summed E-state index contributed by atoms with van der Waals surface area (Å²) in [5.74, 6) is 0. The molecule has 0 bridgehead atoms. The summed E-state index contributed by atoms with van der Waals surface area (Å²) < 4.78 is 0. The number of nitrogens with one attached hydrogen (secondary N) is 1. The monoisotopic (exact) mass is 263 g/mol. The first-order chi connectivity index (χ1) is 9.42. The third-order valence-corrected chi connectivity index (χ3v) is 5.86. The molecule has 3 heteroatoms. The van der Waals surface area contributed by atoms with Crippen molar-refractivity contribution in [3.63, 3.8) is 0 Å². The van der Waals surface area contributed by atoms with E-state index in [0.29, 0.717) is 0 Å². The van der Waals surface area contributed by atoms with Crippen LogP contribution in [0.2, 0.25) is 0 Å². The van der Waals surface area contributed by atoms with Crippen molar-refractivity contribution in [3.05, 3.63) is 0 Å². The van der Waals surface area contributed by atoms with E-state index < -0.39 is 0 Å². The predicted octanol–water partition coefficient (Wildman–Crippen LogP) is 1.83. The smallest absolute Gasteiger partial charge is 0.0267 e. The van der Waals surface area contributed by atoms with Crippen LogP contribution in [0.15, 0.2) is 0 Å². The van der Waals surface area contributed by atoms with Gasteiger partial charge < -0.3 is 5.32 Å². The van der Waals surface area contributed by atoms with Gasteiger partial charge in [0.15, 0.2) is 0 Å². The second kappa shape index (κ2) is 5.34. The standard InChI is InChI=1S/C16H29N3/c1-2-9-17-13(4-1)12-19(14-6-7-14)16-8-11-18-10-3-5-15(16)18/h13-17H,1-12H2. The Labute approximate surface area is 117 Å². The van der Waals surface area contributed by atoms with Crippen molar-refractivity contribution >= 4 is 0 Å². The van der Waals surface area contributed by atoms with Crippen molar-refractivity contribution < 1.29 is 0 Å². The summed E-state index contributed by atoms with van der Waals surface area (Å²) >= 11 is 0. The van der Waals surface area contributed by atoms with E-state index in [1.54, 1.807) is 0 Å². The van der Waals surface area contributed by atoms with Gasteiger partial charge in [-0.25, -0.2) is 0 Å². The second-order valence-corrected chi connectivity index (χ2v) is 7.18. The van der Waals surface area contributed by atoms with Crippen molar-refractivity contribution in [1.29, 1.82) is 0 Å². The molecule has 0 amide bonds. The van der Waals surface area contributed by atoms with Gasteiger partial charge in [-0.05, 0) is 58.0 Å². The van der Waals surface area contributed by atoms with Crippen LogP contribution < -0.4 is 5.32 Å². The van der Waals surface area contributed by atoms with Crippen LogP contribution in [0.4, 0.5) is 0 Å². The summed E-state index contributed by atoms with van der Waals surface area (Å²) in [5, 5.41) is 3.76. The molecule has 0 radical (unpaired) electrons. The molecule has 3 unspecified atom stereocenters. The highest BCUT2D eigenvalue weighted by Crippen LogP contribution is 2.37. The summed E-state index contributed by atoms with van der Waals surface area (Å²) in [6.07, 6.45) is 11.5. The number of hydrogen-bond acceptors (Lipinski definition) is 3. The highest BCUT2D eigenvalue weighted by molar-refractivity contribution is 5.01. The van der Waals surface area contributed by atoms with Gasteiger partial charge in [-0.15, -0.1) is 0 Å². The van der Waals surface area contributed by atoms with Crippen molar-refractivity contribution in [3.8, 4) is 0 Å². The molecule has 4 fully saturated rings. The number of piperidine rings is 1. The molecule has 4 rings (SSSR count). The molecule has 1 aliphatic carbocycles. The molecule has 1 saturated carbocycles. The minimum absolute atomic E-state index is 0.782. The highest BCUT2D eigenvalue weighted by Gasteiger charge is 2.44. The van der Waals surface area contributed by atoms with E-state index >= 15 is 0 Å². The van der Waals surface area contributed by atoms with Gasteiger partial charge in [0.1, 0.15) is 0 Å². The number of hydrogen-bond donors (Lipinski definition) is 1. The third kappa shape index (κ3) is 2.57. The Hall–Kier alpha value is -0.120. The molecular weight excluding hydrogens is 234 g/mol. The normalized spacial score (nSPS) is 39.9. The highest BCUT2D eigenvalue weighted by atomic mass is 15.3. The molecule has 3 heterocycles. The quantitative estimate of drug-likeness (QED) is 0.835. The molecule has 0 aromatic carbocycles. The minimum atomic E-state index is 0.782. The van der Waals surface area contributed by atoms with Crippen LogP contribution in [0.25, 0.3) is 0 Å². The average molecular weight is 263 g/mol. The Bertz CT molecular complexity index is 309. The van der Waals surface area contributed by atoms with E-state index in [1.165, 1.54) is 77.5 Å². The largest absolute Gasteiger partial charge is 0.313 e. The minimum Gasteiger partial charge on any atom is -0.313 e. The molecule has 108 valence electrons. The Balaban J connectivity index is 1.42. The summed E-state index contributed by atoms with van der Waals surface area (Å²) in [4.78, 5) is 5.70. The molecule has 4 aliphatic rings. The summed E-state index contributed by atoms with van der Waals surface area (Å²) in [6.45, 7) is 5.33. The number of rotatable bonds is 4. The maximum atomic E-state index is 3.76. The Morgan fingerprint density at radius 1 is 0.947 bits per heavy atom. The molecule has 19 heavy (non-hydrogen) atoms. The maximum Gasteiger partial charge on any atom is 0.0267 e. The lowest BCUT2D eigenvalue weighted by Gasteiger charge is -2.37. The number of fused-ring (bicyclic) bond motifs is 1. The van der Waals surface area contributed by atoms with E-state index in [0.717, 1.165) is 24.2 Å². The zero-order valence-electron chi connectivity index (χ0n) is 12.2. The molecule has 3 nitrogen and oxygen atoms in total. The third-order valence-electron chi connectivity index (χ3n) is 5.86. The fourth-order valence-electron chi connectivity index (χ4n) is 4.74. The topological polar surface area (TPSA) is 18.5 Å². The van der Waals surface area contributed by atoms with E-state index in [-0.39, 0.29) is 0 Å². The van der Waals surface area contributed by atoms with Crippen LogP contribution in [0.3, 0.4) is 0 Å². The lowest BCUT2D eigenvalue weighted by Crippen LogP contribution is -2.51. The Morgan fingerprint density at radius 3 is 2.68 bits per heavy atom. The zero-order chi connectivity index (χ0) is 12.7. The van der Waals surface area contributed by atoms with Gasteiger partial charge in [0.25, 0.3) is 0 Å². The Kier molecular flexibility index (Phi) is 3.55. The maximum absolute atomic E-state index is 3.76. The second-order valence-electron chi connectivity index (χ2n) is 7.18. The lowest BCUT2D eigenvalue weighted by atomic mass is 10.0. The van der Waals surface area contributed by atoms with Crippen LogP contribution >= 0.6 is 0 Å². The number of nitrogens with zero attached hydrogens (tertiary/aromatic N) is 2. The molecule has 0 aromatic heterocycles. The van der Waals surface area contributed by atoms with Crippen LogP contribution in [0.5, 0.6) is 0 Å². The lowest BCUT2D eigenvalue weighted by molar-refractivity contribution is 0.130. The zero-order valence-corrected chi connectivity index (χ0v) is 12.2. The molecule has 3 atom stereocenters. The molecule has 0 aromatic rings. The van der Waals surface area contributed by atoms with Crippen molar-refractivity contribution in [2.45, 2.75) is 75.5 Å². The van der Waals surface area contributed by atoms with Crippen LogP contribution in [-0.2, 0) is 0 Å². The van der Waals surface area contributed by atoms with Gasteiger partial charge in [0.05, 0.1) is 0 Å². The van der Waals surface area contributed by atoms with E-state index in [2.05, 4.69) is 15.1 Å². The van der Waals surface area contributed by atoms with E-state index in [1.807, 2.05) is 0 Å². The summed E-state index contributed by atoms with van der Waals surface area (Å²) in [7, 11) is 0. The van der Waals surface area contributed by atoms with Crippen molar-refractivity contribution in [1.82, 2.24) is 15.1 Å². The van der Waals surface area contributed by atoms with Gasteiger partial charge in [-0.3, -0.25) is 9.80 Å². The predicted molar refractivity (Wildman–Crippen MR) is 78.4 cm³/mol.